The number of rotatable bonds is 4. The Kier molecular flexibility index (Phi) is 3.05. The van der Waals surface area contributed by atoms with Gasteiger partial charge in [0.15, 0.2) is 0 Å². The van der Waals surface area contributed by atoms with Crippen molar-refractivity contribution >= 4 is 17.7 Å². The van der Waals surface area contributed by atoms with Gasteiger partial charge in [0.1, 0.15) is 5.76 Å². The minimum absolute atomic E-state index is 0.00801. The molecule has 1 N–H and O–H groups in total. The summed E-state index contributed by atoms with van der Waals surface area (Å²) >= 11 is 1.53. The number of hydrogen-bond donors (Lipinski definition) is 1. The summed E-state index contributed by atoms with van der Waals surface area (Å²) in [5.41, 5.74) is 0.679. The van der Waals surface area contributed by atoms with Crippen LogP contribution in [0.25, 0.3) is 0 Å². The lowest BCUT2D eigenvalue weighted by Gasteiger charge is -1.98. The molecule has 0 saturated carbocycles. The molecule has 0 aliphatic rings. The number of carbonyl (C=O) groups is 1. The maximum absolute atomic E-state index is 10.8. The molecular formula is C11H10O4S. The largest absolute Gasteiger partial charge is 0.475 e. The van der Waals surface area contributed by atoms with Crippen LogP contribution >= 0.6 is 11.8 Å². The molecule has 0 atom stereocenters. The number of thioether (sulfide) groups is 1. The van der Waals surface area contributed by atoms with E-state index in [1.54, 1.807) is 12.3 Å². The van der Waals surface area contributed by atoms with E-state index in [0.29, 0.717) is 11.3 Å². The first-order valence-corrected chi connectivity index (χ1v) is 5.63. The molecule has 0 unspecified atom stereocenters. The lowest BCUT2D eigenvalue weighted by Crippen LogP contribution is -1.97. The lowest BCUT2D eigenvalue weighted by atomic mass is 10.3. The van der Waals surface area contributed by atoms with E-state index in [4.69, 9.17) is 13.9 Å². The molecule has 2 rings (SSSR count). The molecule has 2 aromatic heterocycles. The van der Waals surface area contributed by atoms with Crippen molar-refractivity contribution in [3.63, 3.8) is 0 Å². The van der Waals surface area contributed by atoms with Gasteiger partial charge in [0, 0.05) is 16.2 Å². The molecule has 0 aromatic carbocycles. The molecule has 0 aliphatic carbocycles. The monoisotopic (exact) mass is 238 g/mol. The quantitative estimate of drug-likeness (QED) is 0.829. The highest BCUT2D eigenvalue weighted by Gasteiger charge is 2.14. The second kappa shape index (κ2) is 4.49. The van der Waals surface area contributed by atoms with Crippen molar-refractivity contribution < 1.29 is 18.7 Å². The van der Waals surface area contributed by atoms with E-state index < -0.39 is 5.97 Å². The summed E-state index contributed by atoms with van der Waals surface area (Å²) in [5.74, 6) is 0.363. The number of carboxylic acid groups (broad SMARTS) is 1. The first kappa shape index (κ1) is 10.9. The van der Waals surface area contributed by atoms with Crippen LogP contribution in [0.4, 0.5) is 0 Å². The van der Waals surface area contributed by atoms with Gasteiger partial charge in [-0.15, -0.1) is 11.8 Å². The number of aromatic carboxylic acids is 1. The van der Waals surface area contributed by atoms with Crippen molar-refractivity contribution in [3.05, 3.63) is 41.7 Å². The minimum Gasteiger partial charge on any atom is -0.475 e. The number of aryl methyl sites for hydroxylation is 1. The van der Waals surface area contributed by atoms with E-state index in [0.717, 1.165) is 10.7 Å². The summed E-state index contributed by atoms with van der Waals surface area (Å²) in [4.78, 5) is 11.8. The van der Waals surface area contributed by atoms with Gasteiger partial charge in [-0.1, -0.05) is 0 Å². The standard InChI is InChI=1S/C11H10O4S/c1-7-9(3-5-14-7)16-6-8-2-4-15-10(8)11(12)13/h2-5H,6H2,1H3,(H,12,13). The smallest absolute Gasteiger partial charge is 0.372 e. The van der Waals surface area contributed by atoms with Gasteiger partial charge >= 0.3 is 5.97 Å². The molecular weight excluding hydrogens is 228 g/mol. The third-order valence-corrected chi connectivity index (χ3v) is 3.33. The maximum Gasteiger partial charge on any atom is 0.372 e. The van der Waals surface area contributed by atoms with Crippen molar-refractivity contribution in [2.75, 3.05) is 0 Å². The Morgan fingerprint density at radius 1 is 1.38 bits per heavy atom. The summed E-state index contributed by atoms with van der Waals surface area (Å²) in [5, 5.41) is 8.84. The molecule has 2 aromatic rings. The summed E-state index contributed by atoms with van der Waals surface area (Å²) in [6.07, 6.45) is 3.01. The van der Waals surface area contributed by atoms with Crippen LogP contribution in [-0.2, 0) is 5.75 Å². The fourth-order valence-corrected chi connectivity index (χ4v) is 2.26. The van der Waals surface area contributed by atoms with Gasteiger partial charge in [0.25, 0.3) is 0 Å². The molecule has 0 radical (unpaired) electrons. The SMILES string of the molecule is Cc1occc1SCc1ccoc1C(=O)O. The molecule has 0 spiro atoms. The lowest BCUT2D eigenvalue weighted by molar-refractivity contribution is 0.0661. The van der Waals surface area contributed by atoms with Crippen LogP contribution in [0, 0.1) is 6.92 Å². The Morgan fingerprint density at radius 3 is 2.75 bits per heavy atom. The van der Waals surface area contributed by atoms with Gasteiger partial charge < -0.3 is 13.9 Å². The van der Waals surface area contributed by atoms with Crippen molar-refractivity contribution in [1.29, 1.82) is 0 Å². The summed E-state index contributed by atoms with van der Waals surface area (Å²) in [7, 11) is 0. The number of hydrogen-bond acceptors (Lipinski definition) is 4. The highest BCUT2D eigenvalue weighted by atomic mass is 32.2. The Balaban J connectivity index is 2.08. The van der Waals surface area contributed by atoms with Crippen LogP contribution in [0.5, 0.6) is 0 Å². The zero-order valence-electron chi connectivity index (χ0n) is 8.60. The Labute approximate surface area is 96.3 Å². The predicted molar refractivity (Wildman–Crippen MR) is 58.7 cm³/mol. The Morgan fingerprint density at radius 2 is 2.12 bits per heavy atom. The molecule has 0 saturated heterocycles. The first-order valence-electron chi connectivity index (χ1n) is 4.65. The van der Waals surface area contributed by atoms with E-state index in [2.05, 4.69) is 0 Å². The van der Waals surface area contributed by atoms with Crippen molar-refractivity contribution in [2.45, 2.75) is 17.6 Å². The number of furan rings is 2. The number of carboxylic acids is 1. The van der Waals surface area contributed by atoms with Gasteiger partial charge in [-0.05, 0) is 19.1 Å². The molecule has 16 heavy (non-hydrogen) atoms. The summed E-state index contributed by atoms with van der Waals surface area (Å²) in [6.45, 7) is 1.87. The Hall–Kier alpha value is -1.62. The molecule has 0 amide bonds. The van der Waals surface area contributed by atoms with Crippen LogP contribution in [0.1, 0.15) is 21.9 Å². The second-order valence-corrected chi connectivity index (χ2v) is 4.23. The molecule has 0 fully saturated rings. The molecule has 2 heterocycles. The highest BCUT2D eigenvalue weighted by molar-refractivity contribution is 7.98. The van der Waals surface area contributed by atoms with Crippen LogP contribution in [0.15, 0.2) is 38.4 Å². The topological polar surface area (TPSA) is 63.6 Å². The highest BCUT2D eigenvalue weighted by Crippen LogP contribution is 2.28. The van der Waals surface area contributed by atoms with Gasteiger partial charge in [-0.3, -0.25) is 0 Å². The van der Waals surface area contributed by atoms with Crippen molar-refractivity contribution in [2.24, 2.45) is 0 Å². The van der Waals surface area contributed by atoms with Crippen molar-refractivity contribution in [3.8, 4) is 0 Å². The van der Waals surface area contributed by atoms with Crippen LogP contribution in [0.2, 0.25) is 0 Å². The fourth-order valence-electron chi connectivity index (χ4n) is 1.32. The van der Waals surface area contributed by atoms with Crippen LogP contribution in [-0.4, -0.2) is 11.1 Å². The zero-order chi connectivity index (χ0) is 11.5. The molecule has 0 bridgehead atoms. The molecule has 4 nitrogen and oxygen atoms in total. The third kappa shape index (κ3) is 2.14. The molecule has 5 heteroatoms. The zero-order valence-corrected chi connectivity index (χ0v) is 9.41. The van der Waals surface area contributed by atoms with Crippen molar-refractivity contribution in [1.82, 2.24) is 0 Å². The van der Waals surface area contributed by atoms with Crippen LogP contribution < -0.4 is 0 Å². The van der Waals surface area contributed by atoms with E-state index in [-0.39, 0.29) is 5.76 Å². The summed E-state index contributed by atoms with van der Waals surface area (Å²) < 4.78 is 10.0. The first-order chi connectivity index (χ1) is 7.68. The normalized spacial score (nSPS) is 10.6. The van der Waals surface area contributed by atoms with Crippen LogP contribution in [0.3, 0.4) is 0 Å². The molecule has 0 aliphatic heterocycles. The summed E-state index contributed by atoms with van der Waals surface area (Å²) in [6, 6.07) is 3.53. The second-order valence-electron chi connectivity index (χ2n) is 3.21. The average Bonchev–Trinajstić information content (AvgIpc) is 2.83. The Bertz CT molecular complexity index is 498. The minimum atomic E-state index is -1.04. The van der Waals surface area contributed by atoms with E-state index in [1.165, 1.54) is 18.0 Å². The van der Waals surface area contributed by atoms with E-state index in [1.807, 2.05) is 13.0 Å². The van der Waals surface area contributed by atoms with Gasteiger partial charge in [-0.2, -0.15) is 0 Å². The van der Waals surface area contributed by atoms with Gasteiger partial charge in [0.2, 0.25) is 5.76 Å². The van der Waals surface area contributed by atoms with E-state index in [9.17, 15) is 4.79 Å². The average molecular weight is 238 g/mol. The van der Waals surface area contributed by atoms with E-state index >= 15 is 0 Å². The van der Waals surface area contributed by atoms with Gasteiger partial charge in [-0.25, -0.2) is 4.79 Å². The maximum atomic E-state index is 10.8. The predicted octanol–water partition coefficient (Wildman–Crippen LogP) is 3.17. The third-order valence-electron chi connectivity index (χ3n) is 2.14. The van der Waals surface area contributed by atoms with Gasteiger partial charge in [0.05, 0.1) is 12.5 Å². The molecule has 84 valence electrons. The fraction of sp³-hybridized carbons (Fsp3) is 0.182.